The van der Waals surface area contributed by atoms with E-state index in [1.54, 1.807) is 14.2 Å². The molecule has 4 heteroatoms. The summed E-state index contributed by atoms with van der Waals surface area (Å²) in [7, 11) is 3.28. The van der Waals surface area contributed by atoms with Crippen molar-refractivity contribution in [2.45, 2.75) is 26.0 Å². The Morgan fingerprint density at radius 2 is 1.88 bits per heavy atom. The highest BCUT2D eigenvalue weighted by molar-refractivity contribution is 5.43. The fraction of sp³-hybridized carbons (Fsp3) is 0.538. The lowest BCUT2D eigenvalue weighted by Gasteiger charge is -2.15. The van der Waals surface area contributed by atoms with Gasteiger partial charge in [-0.1, -0.05) is 6.07 Å². The van der Waals surface area contributed by atoms with Gasteiger partial charge in [-0.05, 0) is 31.5 Å². The molecule has 2 N–H and O–H groups in total. The van der Waals surface area contributed by atoms with Gasteiger partial charge in [0.15, 0.2) is 11.5 Å². The number of nitrogens with two attached hydrogens (primary N) is 1. The molecule has 0 aliphatic heterocycles. The number of rotatable bonds is 6. The third-order valence-corrected chi connectivity index (χ3v) is 2.59. The minimum Gasteiger partial charge on any atom is -0.493 e. The lowest BCUT2D eigenvalue weighted by atomic mass is 10.1. The van der Waals surface area contributed by atoms with Crippen LogP contribution in [-0.2, 0) is 4.74 Å². The molecule has 0 bridgehead atoms. The van der Waals surface area contributed by atoms with Crippen LogP contribution >= 0.6 is 0 Å². The fourth-order valence-corrected chi connectivity index (χ4v) is 1.36. The topological polar surface area (TPSA) is 53.7 Å². The first-order valence-electron chi connectivity index (χ1n) is 5.67. The van der Waals surface area contributed by atoms with E-state index in [9.17, 15) is 0 Å². The molecule has 0 fully saturated rings. The van der Waals surface area contributed by atoms with Crippen molar-refractivity contribution in [3.05, 3.63) is 23.8 Å². The van der Waals surface area contributed by atoms with Gasteiger partial charge in [-0.15, -0.1) is 0 Å². The van der Waals surface area contributed by atoms with Gasteiger partial charge in [0, 0.05) is 13.2 Å². The van der Waals surface area contributed by atoms with Gasteiger partial charge in [0.2, 0.25) is 0 Å². The lowest BCUT2D eigenvalue weighted by Crippen LogP contribution is -2.16. The van der Waals surface area contributed by atoms with Gasteiger partial charge in [-0.2, -0.15) is 0 Å². The molecule has 0 aromatic heterocycles. The van der Waals surface area contributed by atoms with E-state index in [1.165, 1.54) is 0 Å². The van der Waals surface area contributed by atoms with Crippen LogP contribution in [0.5, 0.6) is 11.5 Å². The Hall–Kier alpha value is -1.26. The number of hydrogen-bond acceptors (Lipinski definition) is 4. The van der Waals surface area contributed by atoms with Crippen molar-refractivity contribution < 1.29 is 14.2 Å². The second-order valence-electron chi connectivity index (χ2n) is 4.06. The molecule has 17 heavy (non-hydrogen) atoms. The second-order valence-corrected chi connectivity index (χ2v) is 4.06. The number of methoxy groups -OCH3 is 2. The molecule has 4 nitrogen and oxygen atoms in total. The van der Waals surface area contributed by atoms with E-state index < -0.39 is 0 Å². The van der Waals surface area contributed by atoms with E-state index >= 15 is 0 Å². The van der Waals surface area contributed by atoms with Crippen LogP contribution in [-0.4, -0.2) is 26.9 Å². The van der Waals surface area contributed by atoms with Gasteiger partial charge in [0.25, 0.3) is 0 Å². The Morgan fingerprint density at radius 3 is 2.41 bits per heavy atom. The summed E-state index contributed by atoms with van der Waals surface area (Å²) in [5.74, 6) is 1.41. The Balaban J connectivity index is 2.78. The van der Waals surface area contributed by atoms with Crippen molar-refractivity contribution in [1.82, 2.24) is 0 Å². The lowest BCUT2D eigenvalue weighted by molar-refractivity contribution is 0.0706. The van der Waals surface area contributed by atoms with Crippen LogP contribution in [0.1, 0.15) is 25.5 Å². The van der Waals surface area contributed by atoms with Gasteiger partial charge >= 0.3 is 0 Å². The molecule has 1 unspecified atom stereocenters. The van der Waals surface area contributed by atoms with Crippen LogP contribution in [0.15, 0.2) is 18.2 Å². The summed E-state index contributed by atoms with van der Waals surface area (Å²) in [5.41, 5.74) is 6.84. The van der Waals surface area contributed by atoms with Gasteiger partial charge in [0.1, 0.15) is 6.61 Å². The maximum absolute atomic E-state index is 5.81. The van der Waals surface area contributed by atoms with E-state index in [-0.39, 0.29) is 12.1 Å². The SMILES string of the molecule is COc1cc([C@@H](C)N)ccc1OCC(C)OC. The minimum absolute atomic E-state index is 0.0177. The monoisotopic (exact) mass is 239 g/mol. The van der Waals surface area contributed by atoms with Crippen molar-refractivity contribution in [2.24, 2.45) is 5.73 Å². The quantitative estimate of drug-likeness (QED) is 0.826. The van der Waals surface area contributed by atoms with Gasteiger partial charge < -0.3 is 19.9 Å². The molecule has 0 radical (unpaired) electrons. The molecule has 0 amide bonds. The second kappa shape index (κ2) is 6.47. The van der Waals surface area contributed by atoms with Crippen molar-refractivity contribution in [1.29, 1.82) is 0 Å². The number of benzene rings is 1. The standard InChI is InChI=1S/C13H21NO3/c1-9(15-3)8-17-12-6-5-11(10(2)14)7-13(12)16-4/h5-7,9-10H,8,14H2,1-4H3/t9?,10-/m1/s1. The maximum Gasteiger partial charge on any atom is 0.161 e. The molecule has 1 rings (SSSR count). The zero-order valence-electron chi connectivity index (χ0n) is 10.9. The summed E-state index contributed by atoms with van der Waals surface area (Å²) in [6.45, 7) is 4.37. The summed E-state index contributed by atoms with van der Waals surface area (Å²) in [6, 6.07) is 5.70. The van der Waals surface area contributed by atoms with Crippen LogP contribution in [0.2, 0.25) is 0 Å². The summed E-state index contributed by atoms with van der Waals surface area (Å²) >= 11 is 0. The predicted octanol–water partition coefficient (Wildman–Crippen LogP) is 2.13. The summed E-state index contributed by atoms with van der Waals surface area (Å²) in [6.07, 6.45) is 0.0489. The molecular weight excluding hydrogens is 218 g/mol. The first kappa shape index (κ1) is 13.8. The minimum atomic E-state index is -0.0177. The molecule has 96 valence electrons. The Kier molecular flexibility index (Phi) is 5.25. The zero-order chi connectivity index (χ0) is 12.8. The molecule has 0 heterocycles. The smallest absolute Gasteiger partial charge is 0.161 e. The van der Waals surface area contributed by atoms with E-state index in [1.807, 2.05) is 32.0 Å². The van der Waals surface area contributed by atoms with Crippen molar-refractivity contribution >= 4 is 0 Å². The molecule has 0 saturated carbocycles. The highest BCUT2D eigenvalue weighted by Gasteiger charge is 2.09. The van der Waals surface area contributed by atoms with Crippen LogP contribution < -0.4 is 15.2 Å². The molecule has 0 spiro atoms. The predicted molar refractivity (Wildman–Crippen MR) is 67.6 cm³/mol. The summed E-state index contributed by atoms with van der Waals surface area (Å²) in [4.78, 5) is 0. The van der Waals surface area contributed by atoms with Gasteiger partial charge in [0.05, 0.1) is 13.2 Å². The van der Waals surface area contributed by atoms with Crippen molar-refractivity contribution in [3.8, 4) is 11.5 Å². The third-order valence-electron chi connectivity index (χ3n) is 2.59. The maximum atomic E-state index is 5.81. The molecule has 2 atom stereocenters. The summed E-state index contributed by atoms with van der Waals surface area (Å²) in [5, 5.41) is 0. The van der Waals surface area contributed by atoms with Crippen LogP contribution in [0.4, 0.5) is 0 Å². The molecule has 1 aromatic rings. The van der Waals surface area contributed by atoms with Crippen molar-refractivity contribution in [2.75, 3.05) is 20.8 Å². The zero-order valence-corrected chi connectivity index (χ0v) is 10.9. The largest absolute Gasteiger partial charge is 0.493 e. The number of hydrogen-bond donors (Lipinski definition) is 1. The van der Waals surface area contributed by atoms with E-state index in [2.05, 4.69) is 0 Å². The first-order valence-corrected chi connectivity index (χ1v) is 5.67. The normalized spacial score (nSPS) is 14.2. The molecular formula is C13H21NO3. The molecule has 1 aromatic carbocycles. The Bertz CT molecular complexity index is 353. The highest BCUT2D eigenvalue weighted by atomic mass is 16.5. The highest BCUT2D eigenvalue weighted by Crippen LogP contribution is 2.29. The third kappa shape index (κ3) is 3.91. The van der Waals surface area contributed by atoms with E-state index in [0.29, 0.717) is 18.1 Å². The first-order chi connectivity index (χ1) is 8.08. The number of ether oxygens (including phenoxy) is 3. The average molecular weight is 239 g/mol. The van der Waals surface area contributed by atoms with Gasteiger partial charge in [-0.3, -0.25) is 0 Å². The molecule has 0 saturated heterocycles. The van der Waals surface area contributed by atoms with Gasteiger partial charge in [-0.25, -0.2) is 0 Å². The Labute approximate surface area is 103 Å². The van der Waals surface area contributed by atoms with E-state index in [0.717, 1.165) is 5.56 Å². The van der Waals surface area contributed by atoms with Crippen molar-refractivity contribution in [3.63, 3.8) is 0 Å². The van der Waals surface area contributed by atoms with Crippen LogP contribution in [0.25, 0.3) is 0 Å². The average Bonchev–Trinajstić information content (AvgIpc) is 2.35. The van der Waals surface area contributed by atoms with E-state index in [4.69, 9.17) is 19.9 Å². The Morgan fingerprint density at radius 1 is 1.18 bits per heavy atom. The molecule has 0 aliphatic rings. The molecule has 0 aliphatic carbocycles. The van der Waals surface area contributed by atoms with Crippen LogP contribution in [0.3, 0.4) is 0 Å². The van der Waals surface area contributed by atoms with Crippen LogP contribution in [0, 0.1) is 0 Å². The summed E-state index contributed by atoms with van der Waals surface area (Å²) < 4.78 is 16.0. The fourth-order valence-electron chi connectivity index (χ4n) is 1.36.